The Morgan fingerprint density at radius 2 is 2.47 bits per heavy atom. The van der Waals surface area contributed by atoms with E-state index in [-0.39, 0.29) is 6.04 Å². The second-order valence-corrected chi connectivity index (χ2v) is 5.38. The van der Waals surface area contributed by atoms with E-state index in [2.05, 4.69) is 20.9 Å². The molecule has 0 aliphatic carbocycles. The zero-order chi connectivity index (χ0) is 11.8. The molecule has 4 nitrogen and oxygen atoms in total. The molecule has 1 atom stereocenters. The van der Waals surface area contributed by atoms with E-state index >= 15 is 0 Å². The number of imidazole rings is 1. The average molecular weight is 312 g/mol. The molecule has 3 aromatic heterocycles. The lowest BCUT2D eigenvalue weighted by molar-refractivity contribution is 0.530. The second-order valence-electron chi connectivity index (χ2n) is 3.79. The Balaban J connectivity index is 1.83. The van der Waals surface area contributed by atoms with E-state index in [4.69, 9.17) is 10.2 Å². The number of furan rings is 1. The van der Waals surface area contributed by atoms with Crippen molar-refractivity contribution in [2.45, 2.75) is 12.5 Å². The number of halogens is 1. The maximum Gasteiger partial charge on any atom is 0.193 e. The molecule has 0 aliphatic heterocycles. The van der Waals surface area contributed by atoms with Gasteiger partial charge in [-0.2, -0.15) is 0 Å². The summed E-state index contributed by atoms with van der Waals surface area (Å²) < 4.78 is 7.89. The van der Waals surface area contributed by atoms with E-state index in [1.807, 2.05) is 28.2 Å². The molecule has 17 heavy (non-hydrogen) atoms. The van der Waals surface area contributed by atoms with Crippen LogP contribution in [0.5, 0.6) is 0 Å². The van der Waals surface area contributed by atoms with Crippen LogP contribution in [0.15, 0.2) is 39.2 Å². The van der Waals surface area contributed by atoms with Crippen molar-refractivity contribution in [2.75, 3.05) is 0 Å². The van der Waals surface area contributed by atoms with Crippen molar-refractivity contribution in [1.82, 2.24) is 9.38 Å². The third kappa shape index (κ3) is 2.03. The van der Waals surface area contributed by atoms with Gasteiger partial charge in [-0.25, -0.2) is 4.98 Å². The van der Waals surface area contributed by atoms with Crippen LogP contribution in [0.1, 0.15) is 17.3 Å². The molecule has 3 heterocycles. The van der Waals surface area contributed by atoms with E-state index < -0.39 is 0 Å². The van der Waals surface area contributed by atoms with E-state index in [1.165, 1.54) is 0 Å². The molecule has 0 radical (unpaired) electrons. The molecule has 3 rings (SSSR count). The topological polar surface area (TPSA) is 56.5 Å². The summed E-state index contributed by atoms with van der Waals surface area (Å²) in [5, 5.41) is 2.01. The third-order valence-corrected chi connectivity index (χ3v) is 4.03. The van der Waals surface area contributed by atoms with Gasteiger partial charge in [-0.1, -0.05) is 0 Å². The Labute approximate surface area is 110 Å². The monoisotopic (exact) mass is 311 g/mol. The first-order chi connectivity index (χ1) is 8.24. The normalized spacial score (nSPS) is 13.3. The molecular weight excluding hydrogens is 302 g/mol. The molecule has 0 amide bonds. The summed E-state index contributed by atoms with van der Waals surface area (Å²) in [4.78, 5) is 5.51. The van der Waals surface area contributed by atoms with Crippen LogP contribution in [-0.2, 0) is 6.42 Å². The maximum absolute atomic E-state index is 6.13. The first-order valence-electron chi connectivity index (χ1n) is 5.13. The smallest absolute Gasteiger partial charge is 0.193 e. The molecule has 88 valence electrons. The highest BCUT2D eigenvalue weighted by atomic mass is 79.9. The summed E-state index contributed by atoms with van der Waals surface area (Å²) >= 11 is 4.96. The Bertz CT molecular complexity index is 613. The summed E-state index contributed by atoms with van der Waals surface area (Å²) in [6.07, 6.45) is 6.34. The summed E-state index contributed by atoms with van der Waals surface area (Å²) in [6, 6.07) is 1.78. The zero-order valence-corrected chi connectivity index (χ0v) is 11.2. The maximum atomic E-state index is 6.13. The summed E-state index contributed by atoms with van der Waals surface area (Å²) in [5.41, 5.74) is 8.10. The highest BCUT2D eigenvalue weighted by Crippen LogP contribution is 2.25. The average Bonchev–Trinajstić information content (AvgIpc) is 2.92. The van der Waals surface area contributed by atoms with E-state index in [1.54, 1.807) is 17.6 Å². The quantitative estimate of drug-likeness (QED) is 0.809. The van der Waals surface area contributed by atoms with Crippen LogP contribution in [0, 0.1) is 0 Å². The van der Waals surface area contributed by atoms with Gasteiger partial charge in [0.05, 0.1) is 12.0 Å². The minimum absolute atomic E-state index is 0.104. The lowest BCUT2D eigenvalue weighted by Crippen LogP contribution is -2.13. The highest BCUT2D eigenvalue weighted by molar-refractivity contribution is 9.10. The fraction of sp³-hybridized carbons (Fsp3) is 0.182. The number of aromatic nitrogens is 2. The first-order valence-corrected chi connectivity index (χ1v) is 6.81. The van der Waals surface area contributed by atoms with Crippen molar-refractivity contribution < 1.29 is 4.42 Å². The summed E-state index contributed by atoms with van der Waals surface area (Å²) in [7, 11) is 0. The highest BCUT2D eigenvalue weighted by Gasteiger charge is 2.14. The fourth-order valence-corrected chi connectivity index (χ4v) is 3.03. The zero-order valence-electron chi connectivity index (χ0n) is 8.84. The lowest BCUT2D eigenvalue weighted by Gasteiger charge is -2.07. The molecule has 1 unspecified atom stereocenters. The largest absolute Gasteiger partial charge is 0.457 e. The van der Waals surface area contributed by atoms with Crippen LogP contribution in [0.25, 0.3) is 4.96 Å². The third-order valence-electron chi connectivity index (χ3n) is 2.62. The van der Waals surface area contributed by atoms with E-state index in [0.29, 0.717) is 11.1 Å². The Hall–Kier alpha value is -1.11. The van der Waals surface area contributed by atoms with Crippen molar-refractivity contribution in [3.8, 4) is 0 Å². The van der Waals surface area contributed by atoms with E-state index in [9.17, 15) is 0 Å². The van der Waals surface area contributed by atoms with Crippen molar-refractivity contribution in [2.24, 2.45) is 5.73 Å². The number of hydrogen-bond donors (Lipinski definition) is 1. The molecule has 0 bridgehead atoms. The van der Waals surface area contributed by atoms with Gasteiger partial charge in [0.1, 0.15) is 0 Å². The van der Waals surface area contributed by atoms with Gasteiger partial charge in [0, 0.05) is 35.8 Å². The fourth-order valence-electron chi connectivity index (χ4n) is 1.78. The number of thiazole rings is 1. The van der Waals surface area contributed by atoms with Gasteiger partial charge in [-0.3, -0.25) is 4.40 Å². The summed E-state index contributed by atoms with van der Waals surface area (Å²) in [6.45, 7) is 0. The van der Waals surface area contributed by atoms with Gasteiger partial charge in [0.2, 0.25) is 0 Å². The lowest BCUT2D eigenvalue weighted by atomic mass is 10.1. The molecular formula is C11H10BrN3OS. The van der Waals surface area contributed by atoms with Gasteiger partial charge >= 0.3 is 0 Å². The van der Waals surface area contributed by atoms with Crippen molar-refractivity contribution in [3.63, 3.8) is 0 Å². The van der Waals surface area contributed by atoms with Crippen molar-refractivity contribution in [1.29, 1.82) is 0 Å². The second kappa shape index (κ2) is 4.29. The van der Waals surface area contributed by atoms with Gasteiger partial charge in [0.15, 0.2) is 9.63 Å². The van der Waals surface area contributed by atoms with Gasteiger partial charge in [0.25, 0.3) is 0 Å². The summed E-state index contributed by atoms with van der Waals surface area (Å²) in [5.74, 6) is 0. The van der Waals surface area contributed by atoms with Gasteiger partial charge in [-0.15, -0.1) is 11.3 Å². The molecule has 0 spiro atoms. The Morgan fingerprint density at radius 3 is 3.18 bits per heavy atom. The molecule has 0 saturated carbocycles. The Morgan fingerprint density at radius 1 is 1.59 bits per heavy atom. The van der Waals surface area contributed by atoms with Crippen molar-refractivity contribution >= 4 is 32.2 Å². The number of nitrogens with zero attached hydrogens (tertiary/aromatic N) is 2. The van der Waals surface area contributed by atoms with Gasteiger partial charge < -0.3 is 10.2 Å². The van der Waals surface area contributed by atoms with Crippen LogP contribution in [-0.4, -0.2) is 9.38 Å². The molecule has 0 fully saturated rings. The first kappa shape index (κ1) is 11.0. The molecule has 0 aliphatic rings. The molecule has 2 N–H and O–H groups in total. The van der Waals surface area contributed by atoms with Crippen LogP contribution in [0.2, 0.25) is 0 Å². The minimum atomic E-state index is -0.104. The van der Waals surface area contributed by atoms with Crippen LogP contribution in [0.3, 0.4) is 0 Å². The molecule has 0 aromatic carbocycles. The number of fused-ring (bicyclic) bond motifs is 1. The number of hydrogen-bond acceptors (Lipinski definition) is 4. The number of nitrogens with two attached hydrogens (primary N) is 1. The van der Waals surface area contributed by atoms with Crippen LogP contribution in [0.4, 0.5) is 0 Å². The SMILES string of the molecule is NC(Cc1cn2ccsc2n1)c1ccoc1Br. The van der Waals surface area contributed by atoms with Gasteiger partial charge in [-0.05, 0) is 22.0 Å². The predicted molar refractivity (Wildman–Crippen MR) is 70.1 cm³/mol. The minimum Gasteiger partial charge on any atom is -0.457 e. The predicted octanol–water partition coefficient (Wildman–Crippen LogP) is 2.99. The standard InChI is InChI=1S/C11H10BrN3OS/c12-10-8(1-3-16-10)9(13)5-7-6-15-2-4-17-11(15)14-7/h1-4,6,9H,5,13H2. The molecule has 0 saturated heterocycles. The Kier molecular flexibility index (Phi) is 2.78. The van der Waals surface area contributed by atoms with Crippen molar-refractivity contribution in [3.05, 3.63) is 46.0 Å². The van der Waals surface area contributed by atoms with E-state index in [0.717, 1.165) is 16.2 Å². The molecule has 6 heteroatoms. The van der Waals surface area contributed by atoms with Crippen LogP contribution < -0.4 is 5.73 Å². The van der Waals surface area contributed by atoms with Crippen LogP contribution >= 0.6 is 27.3 Å². The number of rotatable bonds is 3. The molecule has 3 aromatic rings.